The number of pyridine rings is 1. The Bertz CT molecular complexity index is 478. The Morgan fingerprint density at radius 3 is 2.95 bits per heavy atom. The fourth-order valence-corrected chi connectivity index (χ4v) is 2.47. The lowest BCUT2D eigenvalue weighted by Crippen LogP contribution is -2.52. The minimum atomic E-state index is -0.923. The summed E-state index contributed by atoms with van der Waals surface area (Å²) in [5.41, 5.74) is 0.923. The first-order valence-corrected chi connectivity index (χ1v) is 6.73. The van der Waals surface area contributed by atoms with Gasteiger partial charge >= 0.3 is 12.0 Å². The summed E-state index contributed by atoms with van der Waals surface area (Å²) < 4.78 is 0. The first-order valence-electron chi connectivity index (χ1n) is 6.73. The fourth-order valence-electron chi connectivity index (χ4n) is 2.47. The van der Waals surface area contributed by atoms with Gasteiger partial charge in [0.2, 0.25) is 0 Å². The molecule has 2 rings (SSSR count). The quantitative estimate of drug-likeness (QED) is 0.910. The van der Waals surface area contributed by atoms with Crippen LogP contribution >= 0.6 is 0 Å². The molecule has 0 bridgehead atoms. The van der Waals surface area contributed by atoms with Gasteiger partial charge in [-0.3, -0.25) is 4.98 Å². The molecule has 2 heterocycles. The Kier molecular flexibility index (Phi) is 4.55. The molecule has 1 saturated heterocycles. The van der Waals surface area contributed by atoms with E-state index >= 15 is 0 Å². The summed E-state index contributed by atoms with van der Waals surface area (Å²) in [4.78, 5) is 30.6. The van der Waals surface area contributed by atoms with Gasteiger partial charge in [0.15, 0.2) is 0 Å². The van der Waals surface area contributed by atoms with E-state index in [1.165, 1.54) is 9.80 Å². The lowest BCUT2D eigenvalue weighted by molar-refractivity contribution is -0.143. The summed E-state index contributed by atoms with van der Waals surface area (Å²) in [5, 5.41) is 9.21. The molecule has 0 radical (unpaired) electrons. The number of carboxylic acid groups (broad SMARTS) is 1. The van der Waals surface area contributed by atoms with Crippen LogP contribution in [0, 0.1) is 0 Å². The molecule has 108 valence electrons. The summed E-state index contributed by atoms with van der Waals surface area (Å²) in [6, 6.07) is 2.77. The summed E-state index contributed by atoms with van der Waals surface area (Å²) in [6.45, 7) is 0.933. The van der Waals surface area contributed by atoms with Crippen LogP contribution in [0.5, 0.6) is 0 Å². The highest BCUT2D eigenvalue weighted by molar-refractivity contribution is 5.82. The Labute approximate surface area is 118 Å². The van der Waals surface area contributed by atoms with Crippen LogP contribution in [0.2, 0.25) is 0 Å². The second-order valence-corrected chi connectivity index (χ2v) is 5.04. The molecule has 0 aromatic carbocycles. The number of urea groups is 1. The van der Waals surface area contributed by atoms with Crippen LogP contribution in [-0.2, 0) is 11.3 Å². The molecule has 6 heteroatoms. The topological polar surface area (TPSA) is 73.7 Å². The van der Waals surface area contributed by atoms with Crippen molar-refractivity contribution < 1.29 is 14.7 Å². The molecule has 1 aliphatic rings. The van der Waals surface area contributed by atoms with Crippen LogP contribution in [-0.4, -0.2) is 51.5 Å². The molecule has 20 heavy (non-hydrogen) atoms. The Morgan fingerprint density at radius 1 is 1.50 bits per heavy atom. The summed E-state index contributed by atoms with van der Waals surface area (Å²) in [5.74, 6) is -0.923. The summed E-state index contributed by atoms with van der Waals surface area (Å²) >= 11 is 0. The standard InChI is InChI=1S/C14H19N3O3/c1-16(10-11-5-4-7-15-9-11)14(20)17-8-3-2-6-12(17)13(18)19/h4-5,7,9,12H,2-3,6,8,10H2,1H3,(H,18,19). The Morgan fingerprint density at radius 2 is 2.30 bits per heavy atom. The molecule has 2 amide bonds. The fraction of sp³-hybridized carbons (Fsp3) is 0.500. The van der Waals surface area contributed by atoms with E-state index < -0.39 is 12.0 Å². The highest BCUT2D eigenvalue weighted by atomic mass is 16.4. The number of piperidine rings is 1. The van der Waals surface area contributed by atoms with Gasteiger partial charge in [-0.15, -0.1) is 0 Å². The number of aliphatic carboxylic acids is 1. The van der Waals surface area contributed by atoms with Gasteiger partial charge in [0, 0.05) is 32.5 Å². The number of likely N-dealkylation sites (tertiary alicyclic amines) is 1. The van der Waals surface area contributed by atoms with Crippen LogP contribution in [0.1, 0.15) is 24.8 Å². The van der Waals surface area contributed by atoms with Gasteiger partial charge in [0.25, 0.3) is 0 Å². The van der Waals surface area contributed by atoms with Gasteiger partial charge in [-0.2, -0.15) is 0 Å². The summed E-state index contributed by atoms with van der Waals surface area (Å²) in [7, 11) is 1.68. The third-order valence-electron chi connectivity index (χ3n) is 3.50. The molecule has 6 nitrogen and oxygen atoms in total. The van der Waals surface area contributed by atoms with Crippen molar-refractivity contribution in [1.82, 2.24) is 14.8 Å². The highest BCUT2D eigenvalue weighted by Crippen LogP contribution is 2.19. The number of carbonyl (C=O) groups excluding carboxylic acids is 1. The Hall–Kier alpha value is -2.11. The maximum Gasteiger partial charge on any atom is 0.326 e. The molecular formula is C14H19N3O3. The second kappa shape index (κ2) is 6.36. The molecule has 0 aliphatic carbocycles. The van der Waals surface area contributed by atoms with E-state index in [0.717, 1.165) is 18.4 Å². The van der Waals surface area contributed by atoms with E-state index in [0.29, 0.717) is 19.5 Å². The number of rotatable bonds is 3. The molecule has 1 N–H and O–H groups in total. The van der Waals surface area contributed by atoms with E-state index in [9.17, 15) is 14.7 Å². The van der Waals surface area contributed by atoms with Crippen molar-refractivity contribution in [2.45, 2.75) is 31.8 Å². The second-order valence-electron chi connectivity index (χ2n) is 5.04. The largest absolute Gasteiger partial charge is 0.480 e. The van der Waals surface area contributed by atoms with E-state index in [4.69, 9.17) is 0 Å². The van der Waals surface area contributed by atoms with Crippen molar-refractivity contribution in [2.75, 3.05) is 13.6 Å². The number of hydrogen-bond donors (Lipinski definition) is 1. The SMILES string of the molecule is CN(Cc1cccnc1)C(=O)N1CCCCC1C(=O)O. The zero-order valence-corrected chi connectivity index (χ0v) is 11.5. The molecule has 1 unspecified atom stereocenters. The van der Waals surface area contributed by atoms with Crippen molar-refractivity contribution >= 4 is 12.0 Å². The predicted molar refractivity (Wildman–Crippen MR) is 73.1 cm³/mol. The van der Waals surface area contributed by atoms with Gasteiger partial charge in [0.1, 0.15) is 6.04 Å². The molecular weight excluding hydrogens is 258 g/mol. The maximum atomic E-state index is 12.4. The third-order valence-corrected chi connectivity index (χ3v) is 3.50. The Balaban J connectivity index is 2.03. The minimum absolute atomic E-state index is 0.235. The average molecular weight is 277 g/mol. The van der Waals surface area contributed by atoms with Gasteiger partial charge in [-0.25, -0.2) is 9.59 Å². The van der Waals surface area contributed by atoms with Crippen molar-refractivity contribution in [1.29, 1.82) is 0 Å². The maximum absolute atomic E-state index is 12.4. The molecule has 0 saturated carbocycles. The molecule has 1 aromatic rings. The highest BCUT2D eigenvalue weighted by Gasteiger charge is 2.33. The number of hydrogen-bond acceptors (Lipinski definition) is 3. The van der Waals surface area contributed by atoms with Crippen molar-refractivity contribution in [2.24, 2.45) is 0 Å². The number of aromatic nitrogens is 1. The van der Waals surface area contributed by atoms with Crippen LogP contribution in [0.15, 0.2) is 24.5 Å². The van der Waals surface area contributed by atoms with Crippen molar-refractivity contribution in [3.63, 3.8) is 0 Å². The zero-order chi connectivity index (χ0) is 14.5. The first-order chi connectivity index (χ1) is 9.59. The number of carboxylic acids is 1. The monoisotopic (exact) mass is 277 g/mol. The minimum Gasteiger partial charge on any atom is -0.480 e. The molecule has 1 aliphatic heterocycles. The molecule has 1 atom stereocenters. The molecule has 0 spiro atoms. The third kappa shape index (κ3) is 3.26. The number of amides is 2. The smallest absolute Gasteiger partial charge is 0.326 e. The van der Waals surface area contributed by atoms with E-state index in [2.05, 4.69) is 4.98 Å². The van der Waals surface area contributed by atoms with E-state index in [1.807, 2.05) is 12.1 Å². The predicted octanol–water partition coefficient (Wildman–Crippen LogP) is 1.57. The van der Waals surface area contributed by atoms with Gasteiger partial charge in [0.05, 0.1) is 0 Å². The van der Waals surface area contributed by atoms with Gasteiger partial charge in [-0.1, -0.05) is 6.07 Å². The van der Waals surface area contributed by atoms with Crippen LogP contribution < -0.4 is 0 Å². The summed E-state index contributed by atoms with van der Waals surface area (Å²) in [6.07, 6.45) is 5.62. The number of nitrogens with zero attached hydrogens (tertiary/aromatic N) is 3. The van der Waals surface area contributed by atoms with Crippen LogP contribution in [0.4, 0.5) is 4.79 Å². The van der Waals surface area contributed by atoms with Crippen LogP contribution in [0.3, 0.4) is 0 Å². The van der Waals surface area contributed by atoms with Crippen molar-refractivity contribution in [3.8, 4) is 0 Å². The lowest BCUT2D eigenvalue weighted by atomic mass is 10.0. The first kappa shape index (κ1) is 14.3. The molecule has 1 fully saturated rings. The van der Waals surface area contributed by atoms with Gasteiger partial charge in [-0.05, 0) is 30.9 Å². The lowest BCUT2D eigenvalue weighted by Gasteiger charge is -2.35. The van der Waals surface area contributed by atoms with Gasteiger partial charge < -0.3 is 14.9 Å². The van der Waals surface area contributed by atoms with E-state index in [-0.39, 0.29) is 6.03 Å². The number of carbonyl (C=O) groups is 2. The average Bonchev–Trinajstić information content (AvgIpc) is 2.47. The van der Waals surface area contributed by atoms with Crippen LogP contribution in [0.25, 0.3) is 0 Å². The van der Waals surface area contributed by atoms with Crippen molar-refractivity contribution in [3.05, 3.63) is 30.1 Å². The zero-order valence-electron chi connectivity index (χ0n) is 11.5. The van der Waals surface area contributed by atoms with E-state index in [1.54, 1.807) is 19.4 Å². The molecule has 1 aromatic heterocycles. The normalized spacial score (nSPS) is 18.6.